The van der Waals surface area contributed by atoms with Gasteiger partial charge in [0.05, 0.1) is 6.04 Å². The number of hydrogen-bond acceptors (Lipinski definition) is 2. The topological polar surface area (TPSA) is 38.0 Å². The van der Waals surface area contributed by atoms with Crippen LogP contribution in [0.25, 0.3) is 0 Å². The minimum absolute atomic E-state index is 0.0989. The fraction of sp³-hybridized carbons (Fsp3) is 0.500. The zero-order valence-electron chi connectivity index (χ0n) is 9.63. The normalized spacial score (nSPS) is 13.1. The van der Waals surface area contributed by atoms with Crippen molar-refractivity contribution in [2.75, 3.05) is 0 Å². The molecule has 90 valence electrons. The predicted molar refractivity (Wildman–Crippen MR) is 65.5 cm³/mol. The van der Waals surface area contributed by atoms with Crippen LogP contribution in [0.4, 0.5) is 4.39 Å². The summed E-state index contributed by atoms with van der Waals surface area (Å²) in [6.07, 6.45) is 1.94. The lowest BCUT2D eigenvalue weighted by Crippen LogP contribution is -2.33. The summed E-state index contributed by atoms with van der Waals surface area (Å²) < 4.78 is 13.2. The van der Waals surface area contributed by atoms with Crippen LogP contribution >= 0.6 is 11.6 Å². The zero-order valence-corrected chi connectivity index (χ0v) is 10.4. The van der Waals surface area contributed by atoms with Crippen molar-refractivity contribution in [3.63, 3.8) is 0 Å². The van der Waals surface area contributed by atoms with E-state index in [0.29, 0.717) is 10.9 Å². The van der Waals surface area contributed by atoms with E-state index in [4.69, 9.17) is 17.4 Å². The van der Waals surface area contributed by atoms with Crippen LogP contribution in [-0.4, -0.2) is 0 Å². The highest BCUT2D eigenvalue weighted by molar-refractivity contribution is 6.31. The summed E-state index contributed by atoms with van der Waals surface area (Å²) in [4.78, 5) is 0. The van der Waals surface area contributed by atoms with Crippen molar-refractivity contribution in [3.05, 3.63) is 34.6 Å². The lowest BCUT2D eigenvalue weighted by atomic mass is 9.89. The van der Waals surface area contributed by atoms with Crippen molar-refractivity contribution in [2.45, 2.75) is 32.7 Å². The Kier molecular flexibility index (Phi) is 5.19. The molecule has 0 bridgehead atoms. The first-order chi connectivity index (χ1) is 7.63. The Bertz CT molecular complexity index is 340. The number of rotatable bonds is 5. The standard InChI is InChI=1S/C12H18ClFN2/c1-3-8(4-2)12(16-15)10-7-9(14)5-6-11(10)13/h5-8,12,16H,3-4,15H2,1-2H3. The number of hydrazine groups is 1. The van der Waals surface area contributed by atoms with E-state index in [1.165, 1.54) is 12.1 Å². The molecule has 0 radical (unpaired) electrons. The fourth-order valence-corrected chi connectivity index (χ4v) is 2.23. The third-order valence-corrected chi connectivity index (χ3v) is 3.34. The van der Waals surface area contributed by atoms with E-state index in [0.717, 1.165) is 18.4 Å². The van der Waals surface area contributed by atoms with Crippen LogP contribution < -0.4 is 11.3 Å². The van der Waals surface area contributed by atoms with E-state index < -0.39 is 0 Å². The summed E-state index contributed by atoms with van der Waals surface area (Å²) in [6, 6.07) is 4.27. The lowest BCUT2D eigenvalue weighted by Gasteiger charge is -2.25. The van der Waals surface area contributed by atoms with Gasteiger partial charge >= 0.3 is 0 Å². The molecule has 0 aliphatic heterocycles. The van der Waals surface area contributed by atoms with Gasteiger partial charge in [-0.3, -0.25) is 11.3 Å². The van der Waals surface area contributed by atoms with Crippen molar-refractivity contribution >= 4 is 11.6 Å². The number of halogens is 2. The second-order valence-electron chi connectivity index (χ2n) is 3.89. The first kappa shape index (κ1) is 13.4. The fourth-order valence-electron chi connectivity index (χ4n) is 1.99. The molecule has 0 saturated carbocycles. The monoisotopic (exact) mass is 244 g/mol. The van der Waals surface area contributed by atoms with Crippen LogP contribution in [0, 0.1) is 11.7 Å². The van der Waals surface area contributed by atoms with Crippen LogP contribution in [0.15, 0.2) is 18.2 Å². The molecule has 0 fully saturated rings. The van der Waals surface area contributed by atoms with Crippen molar-refractivity contribution in [3.8, 4) is 0 Å². The van der Waals surface area contributed by atoms with Gasteiger partial charge in [0.15, 0.2) is 0 Å². The summed E-state index contributed by atoms with van der Waals surface area (Å²) in [5.41, 5.74) is 3.47. The maximum Gasteiger partial charge on any atom is 0.123 e. The molecule has 2 nitrogen and oxygen atoms in total. The summed E-state index contributed by atoms with van der Waals surface area (Å²) in [5.74, 6) is 5.61. The molecule has 1 aromatic carbocycles. The third kappa shape index (κ3) is 2.94. The first-order valence-corrected chi connectivity index (χ1v) is 5.92. The summed E-state index contributed by atoms with van der Waals surface area (Å²) in [5, 5.41) is 0.552. The molecule has 0 aliphatic carbocycles. The SMILES string of the molecule is CCC(CC)C(NN)c1cc(F)ccc1Cl. The molecule has 3 N–H and O–H groups in total. The van der Waals surface area contributed by atoms with Gasteiger partial charge in [0.1, 0.15) is 5.82 Å². The quantitative estimate of drug-likeness (QED) is 0.615. The highest BCUT2D eigenvalue weighted by atomic mass is 35.5. The Morgan fingerprint density at radius 2 is 2.00 bits per heavy atom. The van der Waals surface area contributed by atoms with Gasteiger partial charge in [-0.1, -0.05) is 38.3 Å². The van der Waals surface area contributed by atoms with E-state index in [1.807, 2.05) is 0 Å². The highest BCUT2D eigenvalue weighted by Gasteiger charge is 2.21. The molecular formula is C12H18ClFN2. The molecule has 1 unspecified atom stereocenters. The van der Waals surface area contributed by atoms with Gasteiger partial charge in [0.25, 0.3) is 0 Å². The maximum absolute atomic E-state index is 13.2. The second kappa shape index (κ2) is 6.18. The van der Waals surface area contributed by atoms with Gasteiger partial charge in [0.2, 0.25) is 0 Å². The molecule has 0 heterocycles. The second-order valence-corrected chi connectivity index (χ2v) is 4.29. The first-order valence-electron chi connectivity index (χ1n) is 5.55. The molecule has 16 heavy (non-hydrogen) atoms. The van der Waals surface area contributed by atoms with Crippen molar-refractivity contribution in [1.29, 1.82) is 0 Å². The van der Waals surface area contributed by atoms with E-state index in [9.17, 15) is 4.39 Å². The van der Waals surface area contributed by atoms with E-state index in [1.54, 1.807) is 6.07 Å². The third-order valence-electron chi connectivity index (χ3n) is 2.99. The van der Waals surface area contributed by atoms with Crippen molar-refractivity contribution in [2.24, 2.45) is 11.8 Å². The number of nitrogens with two attached hydrogens (primary N) is 1. The van der Waals surface area contributed by atoms with Crippen molar-refractivity contribution in [1.82, 2.24) is 5.43 Å². The Labute approximate surface area is 101 Å². The summed E-state index contributed by atoms with van der Waals surface area (Å²) in [7, 11) is 0. The molecule has 0 aliphatic rings. The van der Waals surface area contributed by atoms with Gasteiger partial charge in [-0.05, 0) is 29.7 Å². The van der Waals surface area contributed by atoms with Gasteiger partial charge in [-0.15, -0.1) is 0 Å². The van der Waals surface area contributed by atoms with Gasteiger partial charge in [-0.2, -0.15) is 0 Å². The average Bonchev–Trinajstić information content (AvgIpc) is 2.29. The molecule has 1 rings (SSSR count). The Morgan fingerprint density at radius 1 is 1.38 bits per heavy atom. The largest absolute Gasteiger partial charge is 0.271 e. The molecule has 0 aromatic heterocycles. The number of hydrogen-bond donors (Lipinski definition) is 2. The minimum atomic E-state index is -0.286. The van der Waals surface area contributed by atoms with E-state index in [-0.39, 0.29) is 11.9 Å². The highest BCUT2D eigenvalue weighted by Crippen LogP contribution is 2.31. The molecule has 1 atom stereocenters. The van der Waals surface area contributed by atoms with Gasteiger partial charge in [0, 0.05) is 5.02 Å². The molecule has 0 amide bonds. The van der Waals surface area contributed by atoms with E-state index >= 15 is 0 Å². The Hall–Kier alpha value is -0.640. The molecule has 0 saturated heterocycles. The van der Waals surface area contributed by atoms with Gasteiger partial charge < -0.3 is 0 Å². The van der Waals surface area contributed by atoms with Crippen molar-refractivity contribution < 1.29 is 4.39 Å². The van der Waals surface area contributed by atoms with Crippen LogP contribution in [0.1, 0.15) is 38.3 Å². The van der Waals surface area contributed by atoms with Gasteiger partial charge in [-0.25, -0.2) is 4.39 Å². The minimum Gasteiger partial charge on any atom is -0.271 e. The molecule has 1 aromatic rings. The average molecular weight is 245 g/mol. The lowest BCUT2D eigenvalue weighted by molar-refractivity contribution is 0.344. The van der Waals surface area contributed by atoms with E-state index in [2.05, 4.69) is 19.3 Å². The van der Waals surface area contributed by atoms with Crippen LogP contribution in [0.2, 0.25) is 5.02 Å². The Balaban J connectivity index is 3.06. The van der Waals surface area contributed by atoms with Crippen LogP contribution in [0.5, 0.6) is 0 Å². The smallest absolute Gasteiger partial charge is 0.123 e. The summed E-state index contributed by atoms with van der Waals surface area (Å²) >= 11 is 6.07. The van der Waals surface area contributed by atoms with Crippen LogP contribution in [-0.2, 0) is 0 Å². The Morgan fingerprint density at radius 3 is 2.50 bits per heavy atom. The molecule has 0 spiro atoms. The zero-order chi connectivity index (χ0) is 12.1. The summed E-state index contributed by atoms with van der Waals surface area (Å²) in [6.45, 7) is 4.18. The number of nitrogens with one attached hydrogen (secondary N) is 1. The molecular weight excluding hydrogens is 227 g/mol. The number of benzene rings is 1. The maximum atomic E-state index is 13.2. The van der Waals surface area contributed by atoms with Crippen LogP contribution in [0.3, 0.4) is 0 Å². The predicted octanol–water partition coefficient (Wildman–Crippen LogP) is 3.42. The molecule has 4 heteroatoms.